The lowest BCUT2D eigenvalue weighted by molar-refractivity contribution is -0.385. The van der Waals surface area contributed by atoms with E-state index >= 15 is 0 Å². The molecule has 1 aromatic rings. The molecule has 0 fully saturated rings. The molecular formula is C12H15N3O4. The zero-order valence-electron chi connectivity index (χ0n) is 11.0. The van der Waals surface area contributed by atoms with Gasteiger partial charge in [0.05, 0.1) is 18.1 Å². The summed E-state index contributed by atoms with van der Waals surface area (Å²) in [5.41, 5.74) is -1.09. The lowest BCUT2D eigenvalue weighted by Gasteiger charge is -2.20. The second kappa shape index (κ2) is 6.02. The number of likely N-dealkylation sites (N-methyl/N-ethyl adjacent to an activating group) is 1. The van der Waals surface area contributed by atoms with Crippen LogP contribution in [-0.2, 0) is 0 Å². The second-order valence-corrected chi connectivity index (χ2v) is 4.07. The van der Waals surface area contributed by atoms with Gasteiger partial charge >= 0.3 is 5.69 Å². The van der Waals surface area contributed by atoms with Crippen molar-refractivity contribution in [2.45, 2.75) is 12.5 Å². The molecule has 1 atom stereocenters. The van der Waals surface area contributed by atoms with Crippen molar-refractivity contribution in [2.24, 2.45) is 0 Å². The zero-order chi connectivity index (χ0) is 14.5. The molecular weight excluding hydrogens is 250 g/mol. The molecule has 0 radical (unpaired) electrons. The smallest absolute Gasteiger partial charge is 0.311 e. The Morgan fingerprint density at radius 3 is 2.74 bits per heavy atom. The van der Waals surface area contributed by atoms with Gasteiger partial charge in [-0.15, -0.1) is 0 Å². The molecule has 102 valence electrons. The van der Waals surface area contributed by atoms with Gasteiger partial charge in [-0.2, -0.15) is 5.26 Å². The lowest BCUT2D eigenvalue weighted by atomic mass is 10.1. The molecule has 0 bridgehead atoms. The van der Waals surface area contributed by atoms with Gasteiger partial charge in [0.2, 0.25) is 5.75 Å². The van der Waals surface area contributed by atoms with Crippen LogP contribution < -0.4 is 14.8 Å². The Kier molecular flexibility index (Phi) is 4.67. The van der Waals surface area contributed by atoms with Crippen molar-refractivity contribution in [2.75, 3.05) is 20.8 Å². The third kappa shape index (κ3) is 3.56. The average Bonchev–Trinajstić information content (AvgIpc) is 2.44. The predicted molar refractivity (Wildman–Crippen MR) is 68.2 cm³/mol. The molecule has 0 amide bonds. The van der Waals surface area contributed by atoms with Gasteiger partial charge in [-0.25, -0.2) is 0 Å². The highest BCUT2D eigenvalue weighted by molar-refractivity contribution is 5.50. The molecule has 0 saturated heterocycles. The van der Waals surface area contributed by atoms with E-state index in [4.69, 9.17) is 14.7 Å². The van der Waals surface area contributed by atoms with Crippen LogP contribution in [0.1, 0.15) is 6.92 Å². The van der Waals surface area contributed by atoms with Gasteiger partial charge in [-0.1, -0.05) is 0 Å². The van der Waals surface area contributed by atoms with E-state index in [0.717, 1.165) is 0 Å². The maximum absolute atomic E-state index is 10.9. The van der Waals surface area contributed by atoms with E-state index < -0.39 is 10.5 Å². The van der Waals surface area contributed by atoms with Crippen molar-refractivity contribution < 1.29 is 14.4 Å². The first kappa shape index (κ1) is 14.7. The van der Waals surface area contributed by atoms with Crippen molar-refractivity contribution in [3.63, 3.8) is 0 Å². The van der Waals surface area contributed by atoms with Crippen molar-refractivity contribution in [1.29, 1.82) is 5.26 Å². The summed E-state index contributed by atoms with van der Waals surface area (Å²) < 4.78 is 10.4. The minimum atomic E-state index is -0.920. The number of nitro groups is 1. The van der Waals surface area contributed by atoms with Crippen LogP contribution in [-0.4, -0.2) is 31.2 Å². The molecule has 0 aliphatic heterocycles. The number of nitro benzene ring substituents is 1. The van der Waals surface area contributed by atoms with Crippen molar-refractivity contribution in [3.8, 4) is 17.6 Å². The van der Waals surface area contributed by atoms with Crippen LogP contribution in [0, 0.1) is 21.4 Å². The number of nitrogens with one attached hydrogen (secondary N) is 1. The van der Waals surface area contributed by atoms with Gasteiger partial charge in [-0.3, -0.25) is 15.4 Å². The van der Waals surface area contributed by atoms with Crippen LogP contribution in [0.2, 0.25) is 0 Å². The highest BCUT2D eigenvalue weighted by atomic mass is 16.6. The molecule has 0 spiro atoms. The summed E-state index contributed by atoms with van der Waals surface area (Å²) in [5, 5.41) is 22.7. The van der Waals surface area contributed by atoms with E-state index in [2.05, 4.69) is 5.32 Å². The Morgan fingerprint density at radius 1 is 1.58 bits per heavy atom. The Hall–Kier alpha value is -2.33. The number of methoxy groups -OCH3 is 1. The summed E-state index contributed by atoms with van der Waals surface area (Å²) in [6, 6.07) is 6.24. The first-order valence-electron chi connectivity index (χ1n) is 5.51. The molecule has 0 saturated carbocycles. The maximum atomic E-state index is 10.9. The maximum Gasteiger partial charge on any atom is 0.311 e. The molecule has 7 heteroatoms. The SMILES string of the molecule is CNC(C)(C#N)COc1cc(OC)ccc1[N+](=O)[O-]. The molecule has 0 heterocycles. The topological polar surface area (TPSA) is 97.4 Å². The summed E-state index contributed by atoms with van der Waals surface area (Å²) in [7, 11) is 3.07. The fourth-order valence-electron chi connectivity index (χ4n) is 1.27. The van der Waals surface area contributed by atoms with Gasteiger partial charge in [0, 0.05) is 12.1 Å². The lowest BCUT2D eigenvalue weighted by Crippen LogP contribution is -2.43. The molecule has 0 aromatic heterocycles. The van der Waals surface area contributed by atoms with E-state index in [0.29, 0.717) is 5.75 Å². The summed E-state index contributed by atoms with van der Waals surface area (Å²) in [6.07, 6.45) is 0. The minimum absolute atomic E-state index is 0.0198. The monoisotopic (exact) mass is 265 g/mol. The van der Waals surface area contributed by atoms with Gasteiger partial charge in [0.1, 0.15) is 17.9 Å². The largest absolute Gasteiger partial charge is 0.497 e. The number of hydrogen-bond acceptors (Lipinski definition) is 6. The molecule has 7 nitrogen and oxygen atoms in total. The van der Waals surface area contributed by atoms with E-state index in [1.807, 2.05) is 6.07 Å². The van der Waals surface area contributed by atoms with Crippen LogP contribution in [0.4, 0.5) is 5.69 Å². The summed E-state index contributed by atoms with van der Waals surface area (Å²) in [6.45, 7) is 1.62. The molecule has 0 aliphatic carbocycles. The normalized spacial score (nSPS) is 13.2. The van der Waals surface area contributed by atoms with Gasteiger partial charge < -0.3 is 9.47 Å². The summed E-state index contributed by atoms with van der Waals surface area (Å²) in [4.78, 5) is 10.3. The number of benzene rings is 1. The number of hydrogen-bond donors (Lipinski definition) is 1. The summed E-state index contributed by atoms with van der Waals surface area (Å²) in [5.74, 6) is 0.518. The van der Waals surface area contributed by atoms with Gasteiger partial charge in [0.15, 0.2) is 0 Å². The fraction of sp³-hybridized carbons (Fsp3) is 0.417. The van der Waals surface area contributed by atoms with Crippen LogP contribution in [0.3, 0.4) is 0 Å². The number of rotatable bonds is 6. The fourth-order valence-corrected chi connectivity index (χ4v) is 1.27. The molecule has 1 aromatic carbocycles. The second-order valence-electron chi connectivity index (χ2n) is 4.07. The van der Waals surface area contributed by atoms with Crippen molar-refractivity contribution in [1.82, 2.24) is 5.32 Å². The Morgan fingerprint density at radius 2 is 2.26 bits per heavy atom. The molecule has 1 N–H and O–H groups in total. The first-order chi connectivity index (χ1) is 8.95. The van der Waals surface area contributed by atoms with Crippen LogP contribution in [0.25, 0.3) is 0 Å². The third-order valence-electron chi connectivity index (χ3n) is 2.68. The van der Waals surface area contributed by atoms with Crippen LogP contribution >= 0.6 is 0 Å². The predicted octanol–water partition coefficient (Wildman–Crippen LogP) is 1.48. The van der Waals surface area contributed by atoms with Crippen LogP contribution in [0.15, 0.2) is 18.2 Å². The third-order valence-corrected chi connectivity index (χ3v) is 2.68. The number of nitrogens with zero attached hydrogens (tertiary/aromatic N) is 2. The quantitative estimate of drug-likeness (QED) is 0.618. The highest BCUT2D eigenvalue weighted by Crippen LogP contribution is 2.31. The van der Waals surface area contributed by atoms with E-state index in [9.17, 15) is 10.1 Å². The molecule has 19 heavy (non-hydrogen) atoms. The Bertz CT molecular complexity index is 512. The highest BCUT2D eigenvalue weighted by Gasteiger charge is 2.24. The Labute approximate surface area is 110 Å². The van der Waals surface area contributed by atoms with E-state index in [1.54, 1.807) is 14.0 Å². The number of ether oxygens (including phenoxy) is 2. The van der Waals surface area contributed by atoms with Crippen molar-refractivity contribution in [3.05, 3.63) is 28.3 Å². The van der Waals surface area contributed by atoms with Crippen LogP contribution in [0.5, 0.6) is 11.5 Å². The van der Waals surface area contributed by atoms with Crippen molar-refractivity contribution >= 4 is 5.69 Å². The van der Waals surface area contributed by atoms with Gasteiger partial charge in [0.25, 0.3) is 0 Å². The van der Waals surface area contributed by atoms with Gasteiger partial charge in [-0.05, 0) is 20.0 Å². The van der Waals surface area contributed by atoms with E-state index in [-0.39, 0.29) is 18.0 Å². The number of nitriles is 1. The first-order valence-corrected chi connectivity index (χ1v) is 5.51. The summed E-state index contributed by atoms with van der Waals surface area (Å²) >= 11 is 0. The molecule has 0 aliphatic rings. The zero-order valence-corrected chi connectivity index (χ0v) is 11.0. The van der Waals surface area contributed by atoms with E-state index in [1.165, 1.54) is 25.3 Å². The molecule has 1 rings (SSSR count). The Balaban J connectivity index is 2.99. The molecule has 1 unspecified atom stereocenters. The minimum Gasteiger partial charge on any atom is -0.497 e. The standard InChI is InChI=1S/C12H15N3O4/c1-12(7-13,14-2)8-19-11-6-9(18-3)4-5-10(11)15(16)17/h4-6,14H,8H2,1-3H3. The average molecular weight is 265 g/mol.